The molecule has 36 heavy (non-hydrogen) atoms. The van der Waals surface area contributed by atoms with Crippen LogP contribution in [0.4, 0.5) is 5.69 Å². The van der Waals surface area contributed by atoms with Gasteiger partial charge in [-0.05, 0) is 62.2 Å². The summed E-state index contributed by atoms with van der Waals surface area (Å²) in [5.41, 5.74) is 1.89. The molecular formula is C27H30ClN3O4S. The highest BCUT2D eigenvalue weighted by atomic mass is 35.5. The minimum absolute atomic E-state index is 0.00865. The lowest BCUT2D eigenvalue weighted by Crippen LogP contribution is -2.51. The molecule has 0 spiro atoms. The molecule has 7 nitrogen and oxygen atoms in total. The van der Waals surface area contributed by atoms with Crippen molar-refractivity contribution in [1.82, 2.24) is 10.2 Å². The fourth-order valence-electron chi connectivity index (χ4n) is 3.78. The number of benzene rings is 3. The molecule has 0 aliphatic heterocycles. The second-order valence-corrected chi connectivity index (χ2v) is 10.6. The van der Waals surface area contributed by atoms with Crippen molar-refractivity contribution in [3.8, 4) is 0 Å². The molecule has 0 radical (unpaired) electrons. The zero-order chi connectivity index (χ0) is 26.3. The molecule has 0 aromatic heterocycles. The van der Waals surface area contributed by atoms with Gasteiger partial charge in [-0.1, -0.05) is 60.1 Å². The Labute approximate surface area is 217 Å². The van der Waals surface area contributed by atoms with Crippen molar-refractivity contribution >= 4 is 39.1 Å². The van der Waals surface area contributed by atoms with Crippen LogP contribution < -0.4 is 9.62 Å². The van der Waals surface area contributed by atoms with Crippen molar-refractivity contribution < 1.29 is 18.0 Å². The Morgan fingerprint density at radius 1 is 0.944 bits per heavy atom. The Balaban J connectivity index is 2.03. The van der Waals surface area contributed by atoms with Crippen LogP contribution in [0.3, 0.4) is 0 Å². The zero-order valence-electron chi connectivity index (χ0n) is 20.5. The van der Waals surface area contributed by atoms with Gasteiger partial charge < -0.3 is 10.2 Å². The number of amides is 2. The number of rotatable bonds is 10. The van der Waals surface area contributed by atoms with Gasteiger partial charge in [-0.3, -0.25) is 13.9 Å². The lowest BCUT2D eigenvalue weighted by molar-refractivity contribution is -0.139. The minimum atomic E-state index is -4.12. The standard InChI is InChI=1S/C27H30ClN3O4S/c1-4-29-27(33)21(3)30(18-22-11-6-5-7-12-22)26(32)19-31(25-13-9-8-10-20(25)2)36(34,35)24-16-14-23(28)15-17-24/h5-17,21H,4,18-19H2,1-3H3,(H,29,33)/t21-/m1/s1. The fourth-order valence-corrected chi connectivity index (χ4v) is 5.38. The third-order valence-electron chi connectivity index (χ3n) is 5.78. The number of nitrogens with zero attached hydrogens (tertiary/aromatic N) is 2. The smallest absolute Gasteiger partial charge is 0.264 e. The van der Waals surface area contributed by atoms with E-state index in [1.165, 1.54) is 29.2 Å². The molecule has 0 aliphatic rings. The first-order valence-electron chi connectivity index (χ1n) is 11.6. The second-order valence-electron chi connectivity index (χ2n) is 8.33. The predicted octanol–water partition coefficient (Wildman–Crippen LogP) is 4.40. The summed E-state index contributed by atoms with van der Waals surface area (Å²) in [4.78, 5) is 27.8. The molecule has 3 rings (SSSR count). The van der Waals surface area contributed by atoms with Gasteiger partial charge in [-0.25, -0.2) is 8.42 Å². The van der Waals surface area contributed by atoms with Gasteiger partial charge in [0.15, 0.2) is 0 Å². The summed E-state index contributed by atoms with van der Waals surface area (Å²) in [5.74, 6) is -0.817. The van der Waals surface area contributed by atoms with Gasteiger partial charge in [0.05, 0.1) is 10.6 Å². The number of halogens is 1. The third-order valence-corrected chi connectivity index (χ3v) is 7.80. The predicted molar refractivity (Wildman–Crippen MR) is 142 cm³/mol. The van der Waals surface area contributed by atoms with Gasteiger partial charge in [0.1, 0.15) is 12.6 Å². The molecule has 1 atom stereocenters. The Morgan fingerprint density at radius 2 is 1.56 bits per heavy atom. The molecule has 190 valence electrons. The normalized spacial score (nSPS) is 12.0. The van der Waals surface area contributed by atoms with Crippen LogP contribution in [0.25, 0.3) is 0 Å². The summed E-state index contributed by atoms with van der Waals surface area (Å²) >= 11 is 5.97. The highest BCUT2D eigenvalue weighted by molar-refractivity contribution is 7.92. The van der Waals surface area contributed by atoms with E-state index in [4.69, 9.17) is 11.6 Å². The van der Waals surface area contributed by atoms with E-state index in [9.17, 15) is 18.0 Å². The van der Waals surface area contributed by atoms with Gasteiger partial charge in [0, 0.05) is 18.1 Å². The van der Waals surface area contributed by atoms with E-state index >= 15 is 0 Å². The van der Waals surface area contributed by atoms with Crippen LogP contribution in [0, 0.1) is 6.92 Å². The number of hydrogen-bond acceptors (Lipinski definition) is 4. The molecule has 0 saturated heterocycles. The number of hydrogen-bond donors (Lipinski definition) is 1. The molecule has 0 fully saturated rings. The van der Waals surface area contributed by atoms with E-state index in [-0.39, 0.29) is 17.3 Å². The molecule has 0 heterocycles. The number of anilines is 1. The number of carbonyl (C=O) groups is 2. The molecule has 0 bridgehead atoms. The first-order chi connectivity index (χ1) is 17.1. The highest BCUT2D eigenvalue weighted by Crippen LogP contribution is 2.28. The number of sulfonamides is 1. The molecule has 0 saturated carbocycles. The first-order valence-corrected chi connectivity index (χ1v) is 13.4. The molecule has 3 aromatic carbocycles. The monoisotopic (exact) mass is 527 g/mol. The lowest BCUT2D eigenvalue weighted by Gasteiger charge is -2.32. The maximum absolute atomic E-state index is 13.8. The summed E-state index contributed by atoms with van der Waals surface area (Å²) in [6, 6.07) is 21.2. The average Bonchev–Trinajstić information content (AvgIpc) is 2.87. The van der Waals surface area contributed by atoms with E-state index in [2.05, 4.69) is 5.32 Å². The molecule has 1 N–H and O–H groups in total. The molecule has 9 heteroatoms. The number of nitrogens with one attached hydrogen (secondary N) is 1. The summed E-state index contributed by atoms with van der Waals surface area (Å²) < 4.78 is 28.6. The zero-order valence-corrected chi connectivity index (χ0v) is 22.1. The number of carbonyl (C=O) groups excluding carboxylic acids is 2. The van der Waals surface area contributed by atoms with Gasteiger partial charge in [-0.15, -0.1) is 0 Å². The van der Waals surface area contributed by atoms with E-state index in [0.29, 0.717) is 22.8 Å². The lowest BCUT2D eigenvalue weighted by atomic mass is 10.1. The number of aryl methyl sites for hydroxylation is 1. The summed E-state index contributed by atoms with van der Waals surface area (Å²) in [7, 11) is -4.12. The topological polar surface area (TPSA) is 86.8 Å². The summed E-state index contributed by atoms with van der Waals surface area (Å²) in [6.07, 6.45) is 0. The van der Waals surface area contributed by atoms with Gasteiger partial charge in [0.2, 0.25) is 11.8 Å². The largest absolute Gasteiger partial charge is 0.355 e. The van der Waals surface area contributed by atoms with E-state index in [0.717, 1.165) is 9.87 Å². The van der Waals surface area contributed by atoms with Crippen molar-refractivity contribution in [2.75, 3.05) is 17.4 Å². The van der Waals surface area contributed by atoms with Crippen molar-refractivity contribution in [1.29, 1.82) is 0 Å². The van der Waals surface area contributed by atoms with E-state index in [1.54, 1.807) is 45.0 Å². The van der Waals surface area contributed by atoms with Crippen molar-refractivity contribution in [2.24, 2.45) is 0 Å². The SMILES string of the molecule is CCNC(=O)[C@@H](C)N(Cc1ccccc1)C(=O)CN(c1ccccc1C)S(=O)(=O)c1ccc(Cl)cc1. The summed E-state index contributed by atoms with van der Waals surface area (Å²) in [5, 5.41) is 3.14. The maximum Gasteiger partial charge on any atom is 0.264 e. The molecular weight excluding hydrogens is 498 g/mol. The van der Waals surface area contributed by atoms with Crippen molar-refractivity contribution in [3.63, 3.8) is 0 Å². The van der Waals surface area contributed by atoms with Crippen LogP contribution >= 0.6 is 11.6 Å². The second kappa shape index (κ2) is 12.1. The van der Waals surface area contributed by atoms with Crippen LogP contribution in [-0.2, 0) is 26.2 Å². The number of para-hydroxylation sites is 1. The van der Waals surface area contributed by atoms with Crippen LogP contribution in [0.15, 0.2) is 83.8 Å². The minimum Gasteiger partial charge on any atom is -0.355 e. The molecule has 3 aromatic rings. The summed E-state index contributed by atoms with van der Waals surface area (Å²) in [6.45, 7) is 5.30. The van der Waals surface area contributed by atoms with Gasteiger partial charge >= 0.3 is 0 Å². The Morgan fingerprint density at radius 3 is 2.17 bits per heavy atom. The van der Waals surface area contributed by atoms with Crippen LogP contribution in [0.5, 0.6) is 0 Å². The Kier molecular flexibility index (Phi) is 9.12. The van der Waals surface area contributed by atoms with Gasteiger partial charge in [0.25, 0.3) is 10.0 Å². The quantitative estimate of drug-likeness (QED) is 0.423. The van der Waals surface area contributed by atoms with Gasteiger partial charge in [-0.2, -0.15) is 0 Å². The third kappa shape index (κ3) is 6.44. The van der Waals surface area contributed by atoms with Crippen LogP contribution in [0.2, 0.25) is 5.02 Å². The molecule has 2 amide bonds. The fraction of sp³-hybridized carbons (Fsp3) is 0.259. The maximum atomic E-state index is 13.8. The first kappa shape index (κ1) is 27.2. The average molecular weight is 528 g/mol. The van der Waals surface area contributed by atoms with E-state index < -0.39 is 28.5 Å². The Hall–Kier alpha value is -3.36. The Bertz CT molecular complexity index is 1300. The molecule has 0 aliphatic carbocycles. The molecule has 0 unspecified atom stereocenters. The highest BCUT2D eigenvalue weighted by Gasteiger charge is 2.32. The van der Waals surface area contributed by atoms with Crippen LogP contribution in [0.1, 0.15) is 25.0 Å². The van der Waals surface area contributed by atoms with Crippen LogP contribution in [-0.4, -0.2) is 44.3 Å². The van der Waals surface area contributed by atoms with Crippen molar-refractivity contribution in [2.45, 2.75) is 38.3 Å². The van der Waals surface area contributed by atoms with Crippen molar-refractivity contribution in [3.05, 3.63) is 95.0 Å². The van der Waals surface area contributed by atoms with E-state index in [1.807, 2.05) is 30.3 Å². The number of likely N-dealkylation sites (N-methyl/N-ethyl adjacent to an activating group) is 1.